The van der Waals surface area contributed by atoms with Crippen molar-refractivity contribution in [1.29, 1.82) is 0 Å². The first-order valence-corrected chi connectivity index (χ1v) is 9.05. The van der Waals surface area contributed by atoms with Crippen LogP contribution in [-0.4, -0.2) is 30.9 Å². The summed E-state index contributed by atoms with van der Waals surface area (Å²) in [6, 6.07) is 6.79. The largest absolute Gasteiger partial charge is 0.461 e. The fraction of sp³-hybridized carbons (Fsp3) is 0.125. The van der Waals surface area contributed by atoms with Crippen LogP contribution in [0.3, 0.4) is 0 Å². The van der Waals surface area contributed by atoms with Crippen molar-refractivity contribution < 1.29 is 22.7 Å². The molecular formula is C16H13ClN2O5S. The van der Waals surface area contributed by atoms with E-state index in [1.807, 2.05) is 0 Å². The Morgan fingerprint density at radius 2 is 2.00 bits per heavy atom. The van der Waals surface area contributed by atoms with Crippen LogP contribution < -0.4 is 4.90 Å². The van der Waals surface area contributed by atoms with E-state index >= 15 is 0 Å². The van der Waals surface area contributed by atoms with Crippen molar-refractivity contribution in [3.05, 3.63) is 53.7 Å². The van der Waals surface area contributed by atoms with E-state index in [0.29, 0.717) is 0 Å². The first kappa shape index (κ1) is 17.2. The van der Waals surface area contributed by atoms with Crippen LogP contribution in [-0.2, 0) is 19.6 Å². The fourth-order valence-electron chi connectivity index (χ4n) is 2.61. The highest BCUT2D eigenvalue weighted by atomic mass is 35.5. The lowest BCUT2D eigenvalue weighted by atomic mass is 10.2. The predicted molar refractivity (Wildman–Crippen MR) is 91.8 cm³/mol. The molecule has 1 aliphatic heterocycles. The minimum Gasteiger partial charge on any atom is -0.461 e. The van der Waals surface area contributed by atoms with E-state index in [0.717, 1.165) is 14.9 Å². The summed E-state index contributed by atoms with van der Waals surface area (Å²) < 4.78 is 31.7. The highest BCUT2D eigenvalue weighted by molar-refractivity contribution is 7.90. The van der Waals surface area contributed by atoms with Gasteiger partial charge in [-0.15, -0.1) is 0 Å². The average molecular weight is 381 g/mol. The smallest absolute Gasteiger partial charge is 0.356 e. The van der Waals surface area contributed by atoms with E-state index in [2.05, 4.69) is 6.58 Å². The highest BCUT2D eigenvalue weighted by Crippen LogP contribution is 2.42. The van der Waals surface area contributed by atoms with Crippen molar-refractivity contribution >= 4 is 45.0 Å². The van der Waals surface area contributed by atoms with Gasteiger partial charge in [-0.25, -0.2) is 17.2 Å². The Hall–Kier alpha value is -2.58. The second kappa shape index (κ2) is 6.05. The third-order valence-electron chi connectivity index (χ3n) is 3.61. The third kappa shape index (κ3) is 2.54. The van der Waals surface area contributed by atoms with Crippen LogP contribution in [0.1, 0.15) is 17.4 Å². The lowest BCUT2D eigenvalue weighted by Gasteiger charge is -2.30. The summed E-state index contributed by atoms with van der Waals surface area (Å²) in [7, 11) is -4.15. The van der Waals surface area contributed by atoms with Gasteiger partial charge in [0.15, 0.2) is 0 Å². The van der Waals surface area contributed by atoms with Crippen molar-refractivity contribution in [1.82, 2.24) is 3.97 Å². The number of halogens is 1. The lowest BCUT2D eigenvalue weighted by molar-refractivity contribution is -0.113. The maximum Gasteiger partial charge on any atom is 0.356 e. The Bertz CT molecular complexity index is 1010. The Balaban J connectivity index is 2.35. The molecule has 0 atom stereocenters. The molecule has 9 heteroatoms. The quantitative estimate of drug-likeness (QED) is 0.603. The van der Waals surface area contributed by atoms with Gasteiger partial charge in [0.1, 0.15) is 16.4 Å². The van der Waals surface area contributed by atoms with Crippen LogP contribution in [0.25, 0.3) is 0 Å². The topological polar surface area (TPSA) is 85.7 Å². The number of anilines is 2. The first-order chi connectivity index (χ1) is 11.8. The van der Waals surface area contributed by atoms with Crippen LogP contribution >= 0.6 is 11.6 Å². The number of benzene rings is 1. The Morgan fingerprint density at radius 3 is 2.64 bits per heavy atom. The number of ether oxygens (including phenoxy) is 1. The van der Waals surface area contributed by atoms with Gasteiger partial charge in [-0.05, 0) is 43.3 Å². The number of esters is 1. The summed E-state index contributed by atoms with van der Waals surface area (Å²) in [6.45, 7) is 5.13. The number of carbonyl (C=O) groups is 2. The Kier molecular flexibility index (Phi) is 4.18. The molecule has 0 unspecified atom stereocenters. The summed E-state index contributed by atoms with van der Waals surface area (Å²) in [4.78, 5) is 25.4. The molecule has 1 aliphatic rings. The zero-order chi connectivity index (χ0) is 18.4. The molecule has 130 valence electrons. The standard InChI is InChI=1S/C16H13ClN2O5S/c1-3-15(20)18-11-6-5-10(17)9-13(11)25(22,23)19-12(7-8-14(18)19)16(21)24-4-2/h3,5-9H,1,4H2,2H3. The molecule has 0 radical (unpaired) electrons. The molecule has 2 aromatic rings. The molecule has 1 aromatic carbocycles. The molecule has 0 saturated carbocycles. The second-order valence-electron chi connectivity index (χ2n) is 5.06. The summed E-state index contributed by atoms with van der Waals surface area (Å²) in [5, 5.41) is 0.182. The number of nitrogens with zero attached hydrogens (tertiary/aromatic N) is 2. The van der Waals surface area contributed by atoms with Crippen LogP contribution in [0, 0.1) is 0 Å². The molecule has 1 aromatic heterocycles. The number of rotatable bonds is 3. The summed E-state index contributed by atoms with van der Waals surface area (Å²) in [5.74, 6) is -1.36. The number of aromatic nitrogens is 1. The molecule has 0 N–H and O–H groups in total. The normalized spacial score (nSPS) is 14.4. The second-order valence-corrected chi connectivity index (χ2v) is 7.25. The predicted octanol–water partition coefficient (Wildman–Crippen LogP) is 2.72. The number of fused-ring (bicyclic) bond motifs is 2. The van der Waals surface area contributed by atoms with Crippen LogP contribution in [0.2, 0.25) is 5.02 Å². The van der Waals surface area contributed by atoms with Gasteiger partial charge in [-0.2, -0.15) is 0 Å². The molecule has 1 amide bonds. The number of amides is 1. The summed E-state index contributed by atoms with van der Waals surface area (Å²) in [5.41, 5.74) is -0.0698. The van der Waals surface area contributed by atoms with E-state index in [9.17, 15) is 18.0 Å². The van der Waals surface area contributed by atoms with Crippen LogP contribution in [0.4, 0.5) is 11.5 Å². The first-order valence-electron chi connectivity index (χ1n) is 7.23. The maximum absolute atomic E-state index is 13.0. The lowest BCUT2D eigenvalue weighted by Crippen LogP contribution is -2.35. The molecule has 3 rings (SSSR count). The van der Waals surface area contributed by atoms with Crippen molar-refractivity contribution in [2.24, 2.45) is 0 Å². The van der Waals surface area contributed by atoms with E-state index < -0.39 is 21.9 Å². The van der Waals surface area contributed by atoms with Gasteiger partial charge in [0.05, 0.1) is 12.3 Å². The molecule has 0 aliphatic carbocycles. The zero-order valence-electron chi connectivity index (χ0n) is 13.1. The maximum atomic E-state index is 13.0. The van der Waals surface area contributed by atoms with Gasteiger partial charge >= 0.3 is 5.97 Å². The molecular weight excluding hydrogens is 368 g/mol. The monoisotopic (exact) mass is 380 g/mol. The van der Waals surface area contributed by atoms with E-state index in [1.54, 1.807) is 6.92 Å². The fourth-order valence-corrected chi connectivity index (χ4v) is 4.53. The molecule has 0 bridgehead atoms. The van der Waals surface area contributed by atoms with Gasteiger partial charge in [0.2, 0.25) is 0 Å². The molecule has 0 saturated heterocycles. The molecule has 25 heavy (non-hydrogen) atoms. The van der Waals surface area contributed by atoms with Crippen LogP contribution in [0.5, 0.6) is 0 Å². The SMILES string of the molecule is C=CC(=O)N1c2ccc(Cl)cc2S(=O)(=O)n2c(C(=O)OCC)ccc21. The average Bonchev–Trinajstić information content (AvgIpc) is 3.01. The van der Waals surface area contributed by atoms with Crippen LogP contribution in [0.15, 0.2) is 47.9 Å². The Morgan fingerprint density at radius 1 is 1.28 bits per heavy atom. The number of carbonyl (C=O) groups excluding carboxylic acids is 2. The molecule has 2 heterocycles. The summed E-state index contributed by atoms with van der Waals surface area (Å²) in [6.07, 6.45) is 1.05. The van der Waals surface area contributed by atoms with Gasteiger partial charge in [-0.3, -0.25) is 9.69 Å². The van der Waals surface area contributed by atoms with Gasteiger partial charge in [-0.1, -0.05) is 18.2 Å². The summed E-state index contributed by atoms with van der Waals surface area (Å²) >= 11 is 5.93. The van der Waals surface area contributed by atoms with E-state index in [-0.39, 0.29) is 33.7 Å². The zero-order valence-corrected chi connectivity index (χ0v) is 14.7. The minimum absolute atomic E-state index is 0.00257. The highest BCUT2D eigenvalue weighted by Gasteiger charge is 2.39. The van der Waals surface area contributed by atoms with Crippen molar-refractivity contribution in [2.45, 2.75) is 11.8 Å². The van der Waals surface area contributed by atoms with Crippen molar-refractivity contribution in [3.8, 4) is 0 Å². The molecule has 0 fully saturated rings. The van der Waals surface area contributed by atoms with Gasteiger partial charge < -0.3 is 4.74 Å². The van der Waals surface area contributed by atoms with Crippen molar-refractivity contribution in [3.63, 3.8) is 0 Å². The van der Waals surface area contributed by atoms with E-state index in [1.165, 1.54) is 30.3 Å². The number of hydrogen-bond donors (Lipinski definition) is 0. The van der Waals surface area contributed by atoms with Crippen molar-refractivity contribution in [2.75, 3.05) is 11.5 Å². The van der Waals surface area contributed by atoms with E-state index in [4.69, 9.17) is 16.3 Å². The van der Waals surface area contributed by atoms with Gasteiger partial charge in [0, 0.05) is 5.02 Å². The number of hydrogen-bond acceptors (Lipinski definition) is 5. The van der Waals surface area contributed by atoms with Gasteiger partial charge in [0.25, 0.3) is 15.9 Å². The molecule has 7 nitrogen and oxygen atoms in total. The third-order valence-corrected chi connectivity index (χ3v) is 5.59. The molecule has 0 spiro atoms. The minimum atomic E-state index is -4.15. The Labute approximate surface area is 149 Å².